The average molecular weight is 409 g/mol. The topological polar surface area (TPSA) is 72.2 Å². The number of ketones is 1. The summed E-state index contributed by atoms with van der Waals surface area (Å²) >= 11 is 0. The summed E-state index contributed by atoms with van der Waals surface area (Å²) in [5.41, 5.74) is 6.87. The largest absolute Gasteiger partial charge is 0.346 e. The number of benzene rings is 2. The number of hydrogen-bond acceptors (Lipinski definition) is 3. The maximum Gasteiger partial charge on any atom is 0.220 e. The fourth-order valence-electron chi connectivity index (χ4n) is 4.56. The number of Topliss-reactive ketones (excluding diaryl/α,β-unsaturated/α-hetero) is 1. The molecule has 2 aromatic carbocycles. The lowest BCUT2D eigenvalue weighted by atomic mass is 9.80. The third kappa shape index (κ3) is 6.40. The molecule has 1 atom stereocenters. The first kappa shape index (κ1) is 22.5. The zero-order chi connectivity index (χ0) is 21.3. The molecule has 0 radical (unpaired) electrons. The highest BCUT2D eigenvalue weighted by atomic mass is 16.2. The summed E-state index contributed by atoms with van der Waals surface area (Å²) in [7, 11) is 0. The van der Waals surface area contributed by atoms with Gasteiger partial charge >= 0.3 is 0 Å². The number of unbranched alkanes of at least 4 members (excludes halogenated alkanes) is 1. The molecule has 1 fully saturated rings. The van der Waals surface area contributed by atoms with Gasteiger partial charge in [0.05, 0.1) is 6.04 Å². The van der Waals surface area contributed by atoms with Gasteiger partial charge in [0.15, 0.2) is 5.78 Å². The van der Waals surface area contributed by atoms with Gasteiger partial charge in [-0.25, -0.2) is 0 Å². The van der Waals surface area contributed by atoms with E-state index in [0.29, 0.717) is 31.1 Å². The quantitative estimate of drug-likeness (QED) is 0.594. The predicted octanol–water partition coefficient (Wildman–Crippen LogP) is 4.78. The Morgan fingerprint density at radius 3 is 2.43 bits per heavy atom. The van der Waals surface area contributed by atoms with Crippen LogP contribution in [0, 0.1) is 11.8 Å². The maximum atomic E-state index is 12.9. The van der Waals surface area contributed by atoms with Crippen molar-refractivity contribution in [2.24, 2.45) is 17.6 Å². The number of hydrogen-bond donors (Lipinski definition) is 2. The molecule has 4 nitrogen and oxygen atoms in total. The van der Waals surface area contributed by atoms with E-state index in [4.69, 9.17) is 5.73 Å². The first-order chi connectivity index (χ1) is 14.6. The normalized spacial score (nSPS) is 20.1. The molecule has 30 heavy (non-hydrogen) atoms. The van der Waals surface area contributed by atoms with Gasteiger partial charge < -0.3 is 11.1 Å². The number of carbonyl (C=O) groups excluding carboxylic acids is 2. The second kappa shape index (κ2) is 11.3. The molecule has 3 N–H and O–H groups in total. The predicted molar refractivity (Wildman–Crippen MR) is 123 cm³/mol. The Kier molecular flexibility index (Phi) is 8.44. The van der Waals surface area contributed by atoms with E-state index in [1.165, 1.54) is 5.39 Å². The van der Waals surface area contributed by atoms with Gasteiger partial charge in [0.1, 0.15) is 0 Å². The number of amides is 1. The van der Waals surface area contributed by atoms with Crippen LogP contribution in [0.1, 0.15) is 63.9 Å². The second-order valence-electron chi connectivity index (χ2n) is 8.90. The van der Waals surface area contributed by atoms with Gasteiger partial charge in [-0.15, -0.1) is 0 Å². The minimum absolute atomic E-state index is 0.0156. The van der Waals surface area contributed by atoms with Crippen molar-refractivity contribution in [1.29, 1.82) is 0 Å². The van der Waals surface area contributed by atoms with E-state index < -0.39 is 6.04 Å². The summed E-state index contributed by atoms with van der Waals surface area (Å²) in [6.45, 7) is 2.83. The maximum absolute atomic E-state index is 12.9. The lowest BCUT2D eigenvalue weighted by molar-refractivity contribution is -0.128. The van der Waals surface area contributed by atoms with Crippen LogP contribution in [0.2, 0.25) is 0 Å². The highest BCUT2D eigenvalue weighted by molar-refractivity contribution is 5.89. The molecule has 1 aliphatic rings. The van der Waals surface area contributed by atoms with Crippen LogP contribution in [0.15, 0.2) is 42.5 Å². The van der Waals surface area contributed by atoms with E-state index >= 15 is 0 Å². The van der Waals surface area contributed by atoms with Gasteiger partial charge in [-0.1, -0.05) is 55.8 Å². The van der Waals surface area contributed by atoms with Crippen LogP contribution in [0.25, 0.3) is 10.8 Å². The molecular formula is C26H36N2O2. The van der Waals surface area contributed by atoms with E-state index in [1.54, 1.807) is 0 Å². The standard InChI is InChI=1S/C26H36N2O2/c1-2-3-8-25(29)24(16-21-13-14-22-6-4-5-7-23(22)15-21)28-26(30)17-19-9-11-20(18-27)12-10-19/h4-7,13-15,19-20,24H,2-3,8-12,16-18,27H2,1H3,(H,28,30). The monoisotopic (exact) mass is 408 g/mol. The van der Waals surface area contributed by atoms with Crippen LogP contribution in [-0.4, -0.2) is 24.3 Å². The van der Waals surface area contributed by atoms with Crippen molar-refractivity contribution in [2.75, 3.05) is 6.54 Å². The molecular weight excluding hydrogens is 372 g/mol. The first-order valence-corrected chi connectivity index (χ1v) is 11.6. The SMILES string of the molecule is CCCCC(=O)C(Cc1ccc2ccccc2c1)NC(=O)CC1CCC(CN)CC1. The van der Waals surface area contributed by atoms with E-state index in [0.717, 1.165) is 56.0 Å². The summed E-state index contributed by atoms with van der Waals surface area (Å²) in [4.78, 5) is 25.6. The molecule has 1 aliphatic carbocycles. The Hall–Kier alpha value is -2.20. The fourth-order valence-corrected chi connectivity index (χ4v) is 4.56. The van der Waals surface area contributed by atoms with Crippen molar-refractivity contribution in [3.63, 3.8) is 0 Å². The minimum atomic E-state index is -0.439. The summed E-state index contributed by atoms with van der Waals surface area (Å²) in [5.74, 6) is 1.19. The molecule has 162 valence electrons. The number of nitrogens with two attached hydrogens (primary N) is 1. The van der Waals surface area contributed by atoms with Gasteiger partial charge in [-0.2, -0.15) is 0 Å². The van der Waals surface area contributed by atoms with Crippen molar-refractivity contribution >= 4 is 22.5 Å². The molecule has 0 saturated heterocycles. The van der Waals surface area contributed by atoms with Gasteiger partial charge in [0.25, 0.3) is 0 Å². The van der Waals surface area contributed by atoms with Crippen LogP contribution in [0.4, 0.5) is 0 Å². The zero-order valence-corrected chi connectivity index (χ0v) is 18.2. The summed E-state index contributed by atoms with van der Waals surface area (Å²) in [6, 6.07) is 14.1. The lowest BCUT2D eigenvalue weighted by Gasteiger charge is -2.28. The number of rotatable bonds is 10. The molecule has 0 aliphatic heterocycles. The van der Waals surface area contributed by atoms with Crippen molar-refractivity contribution in [3.05, 3.63) is 48.0 Å². The van der Waals surface area contributed by atoms with Gasteiger partial charge in [-0.05, 0) is 73.2 Å². The average Bonchev–Trinajstić information content (AvgIpc) is 2.77. The van der Waals surface area contributed by atoms with Gasteiger partial charge in [0, 0.05) is 12.8 Å². The molecule has 1 saturated carbocycles. The highest BCUT2D eigenvalue weighted by Gasteiger charge is 2.25. The van der Waals surface area contributed by atoms with Gasteiger partial charge in [-0.3, -0.25) is 9.59 Å². The van der Waals surface area contributed by atoms with E-state index in [9.17, 15) is 9.59 Å². The molecule has 1 unspecified atom stereocenters. The third-order valence-corrected chi connectivity index (χ3v) is 6.53. The van der Waals surface area contributed by atoms with Crippen LogP contribution < -0.4 is 11.1 Å². The van der Waals surface area contributed by atoms with Crippen LogP contribution in [0.5, 0.6) is 0 Å². The lowest BCUT2D eigenvalue weighted by Crippen LogP contribution is -2.43. The Labute approximate surface area is 180 Å². The zero-order valence-electron chi connectivity index (χ0n) is 18.2. The number of nitrogens with one attached hydrogen (secondary N) is 1. The number of fused-ring (bicyclic) bond motifs is 1. The summed E-state index contributed by atoms with van der Waals surface area (Å²) in [6.07, 6.45) is 7.80. The van der Waals surface area contributed by atoms with Crippen molar-refractivity contribution < 1.29 is 9.59 Å². The fraction of sp³-hybridized carbons (Fsp3) is 0.538. The van der Waals surface area contributed by atoms with Crippen LogP contribution in [-0.2, 0) is 16.0 Å². The van der Waals surface area contributed by atoms with E-state index in [1.807, 2.05) is 12.1 Å². The molecule has 4 heteroatoms. The molecule has 2 aromatic rings. The molecule has 0 bridgehead atoms. The smallest absolute Gasteiger partial charge is 0.220 e. The Morgan fingerprint density at radius 2 is 1.73 bits per heavy atom. The molecule has 0 aromatic heterocycles. The molecule has 1 amide bonds. The second-order valence-corrected chi connectivity index (χ2v) is 8.90. The highest BCUT2D eigenvalue weighted by Crippen LogP contribution is 2.30. The number of carbonyl (C=O) groups is 2. The molecule has 3 rings (SSSR count). The Bertz CT molecular complexity index is 840. The van der Waals surface area contributed by atoms with Crippen molar-refractivity contribution in [2.45, 2.75) is 70.8 Å². The minimum Gasteiger partial charge on any atom is -0.346 e. The third-order valence-electron chi connectivity index (χ3n) is 6.53. The van der Waals surface area contributed by atoms with Crippen LogP contribution in [0.3, 0.4) is 0 Å². The Morgan fingerprint density at radius 1 is 1.03 bits per heavy atom. The Balaban J connectivity index is 1.64. The van der Waals surface area contributed by atoms with Crippen LogP contribution >= 0.6 is 0 Å². The van der Waals surface area contributed by atoms with E-state index in [-0.39, 0.29) is 11.7 Å². The molecule has 0 spiro atoms. The summed E-state index contributed by atoms with van der Waals surface area (Å²) in [5, 5.41) is 5.43. The first-order valence-electron chi connectivity index (χ1n) is 11.6. The van der Waals surface area contributed by atoms with Gasteiger partial charge in [0.2, 0.25) is 5.91 Å². The summed E-state index contributed by atoms with van der Waals surface area (Å²) < 4.78 is 0. The van der Waals surface area contributed by atoms with Crippen molar-refractivity contribution in [1.82, 2.24) is 5.32 Å². The molecule has 0 heterocycles. The van der Waals surface area contributed by atoms with E-state index in [2.05, 4.69) is 42.6 Å². The van der Waals surface area contributed by atoms with Crippen molar-refractivity contribution in [3.8, 4) is 0 Å².